The van der Waals surface area contributed by atoms with E-state index in [1.807, 2.05) is 12.1 Å². The minimum absolute atomic E-state index is 0.248. The highest BCUT2D eigenvalue weighted by Crippen LogP contribution is 2.25. The van der Waals surface area contributed by atoms with Gasteiger partial charge in [-0.3, -0.25) is 4.99 Å². The molecule has 2 aromatic carbocycles. The number of guanidine groups is 1. The average Bonchev–Trinajstić information content (AvgIpc) is 3.18. The molecule has 2 aromatic rings. The number of rotatable bonds is 7. The maximum atomic E-state index is 11.9. The monoisotopic (exact) mass is 402 g/mol. The Labute approximate surface area is 166 Å². The van der Waals surface area contributed by atoms with Gasteiger partial charge in [0.15, 0.2) is 5.96 Å². The van der Waals surface area contributed by atoms with Gasteiger partial charge in [0.2, 0.25) is 10.0 Å². The van der Waals surface area contributed by atoms with Crippen LogP contribution in [-0.4, -0.2) is 41.6 Å². The molecule has 0 saturated carbocycles. The Balaban J connectivity index is 1.51. The van der Waals surface area contributed by atoms with Crippen molar-refractivity contribution in [2.75, 3.05) is 27.2 Å². The summed E-state index contributed by atoms with van der Waals surface area (Å²) < 4.78 is 31.7. The molecule has 0 spiro atoms. The van der Waals surface area contributed by atoms with Crippen LogP contribution in [0.1, 0.15) is 16.7 Å². The molecule has 3 N–H and O–H groups in total. The molecule has 28 heavy (non-hydrogen) atoms. The van der Waals surface area contributed by atoms with Crippen molar-refractivity contribution in [1.29, 1.82) is 0 Å². The van der Waals surface area contributed by atoms with E-state index < -0.39 is 10.0 Å². The van der Waals surface area contributed by atoms with Crippen LogP contribution in [0.4, 0.5) is 0 Å². The zero-order chi connectivity index (χ0) is 20.0. The first-order valence-corrected chi connectivity index (χ1v) is 10.7. The van der Waals surface area contributed by atoms with Crippen LogP contribution in [0.5, 0.6) is 5.75 Å². The van der Waals surface area contributed by atoms with Crippen LogP contribution in [-0.2, 0) is 29.4 Å². The molecule has 7 nitrogen and oxygen atoms in total. The lowest BCUT2D eigenvalue weighted by Crippen LogP contribution is -2.37. The van der Waals surface area contributed by atoms with E-state index in [0.29, 0.717) is 12.5 Å². The Hall–Kier alpha value is -2.58. The van der Waals surface area contributed by atoms with Crippen LogP contribution in [0.15, 0.2) is 52.4 Å². The van der Waals surface area contributed by atoms with E-state index in [9.17, 15) is 8.42 Å². The Morgan fingerprint density at radius 3 is 2.79 bits per heavy atom. The Bertz CT molecular complexity index is 958. The smallest absolute Gasteiger partial charge is 0.240 e. The zero-order valence-corrected chi connectivity index (χ0v) is 17.0. The molecule has 0 aromatic heterocycles. The second-order valence-corrected chi connectivity index (χ2v) is 8.38. The average molecular weight is 403 g/mol. The molecule has 0 saturated heterocycles. The predicted octanol–water partition coefficient (Wildman–Crippen LogP) is 1.44. The molecule has 1 heterocycles. The topological polar surface area (TPSA) is 91.8 Å². The fourth-order valence-electron chi connectivity index (χ4n) is 3.07. The van der Waals surface area contributed by atoms with Gasteiger partial charge in [-0.2, -0.15) is 0 Å². The van der Waals surface area contributed by atoms with E-state index in [2.05, 4.69) is 32.5 Å². The van der Waals surface area contributed by atoms with Gasteiger partial charge in [0.25, 0.3) is 0 Å². The molecule has 1 aliphatic rings. The largest absolute Gasteiger partial charge is 0.493 e. The summed E-state index contributed by atoms with van der Waals surface area (Å²) in [6.07, 6.45) is 1.85. The molecule has 0 radical (unpaired) electrons. The maximum absolute atomic E-state index is 11.9. The quantitative estimate of drug-likeness (QED) is 0.481. The summed E-state index contributed by atoms with van der Waals surface area (Å²) in [5.41, 5.74) is 3.39. The summed E-state index contributed by atoms with van der Waals surface area (Å²) in [5, 5.41) is 6.50. The highest BCUT2D eigenvalue weighted by atomic mass is 32.2. The van der Waals surface area contributed by atoms with Crippen molar-refractivity contribution in [2.24, 2.45) is 4.99 Å². The molecular formula is C20H26N4O3S. The molecule has 0 fully saturated rings. The molecule has 8 heteroatoms. The SMILES string of the molecule is CN=C(NCCc1ccc2c(c1)CCO2)NCc1cccc(S(=O)(=O)NC)c1. The minimum atomic E-state index is -3.45. The molecule has 3 rings (SSSR count). The second-order valence-electron chi connectivity index (χ2n) is 6.50. The summed E-state index contributed by atoms with van der Waals surface area (Å²) in [7, 11) is -0.332. The number of hydrogen-bond acceptors (Lipinski definition) is 4. The number of sulfonamides is 1. The molecule has 0 amide bonds. The standard InChI is InChI=1S/C20H26N4O3S/c1-21-20(23-10-8-15-6-7-19-17(12-15)9-11-27-19)24-14-16-4-3-5-18(13-16)28(25,26)22-2/h3-7,12-13,22H,8-11,14H2,1-2H3,(H2,21,23,24). The fourth-order valence-corrected chi connectivity index (χ4v) is 3.87. The van der Waals surface area contributed by atoms with Crippen molar-refractivity contribution in [3.05, 3.63) is 59.2 Å². The number of nitrogens with zero attached hydrogens (tertiary/aromatic N) is 1. The van der Waals surface area contributed by atoms with Crippen molar-refractivity contribution >= 4 is 16.0 Å². The molecule has 150 valence electrons. The summed E-state index contributed by atoms with van der Waals surface area (Å²) in [6.45, 7) is 1.99. The lowest BCUT2D eigenvalue weighted by molar-refractivity contribution is 0.357. The highest BCUT2D eigenvalue weighted by Gasteiger charge is 2.12. The number of fused-ring (bicyclic) bond motifs is 1. The van der Waals surface area contributed by atoms with Gasteiger partial charge in [0.1, 0.15) is 5.75 Å². The van der Waals surface area contributed by atoms with E-state index >= 15 is 0 Å². The predicted molar refractivity (Wildman–Crippen MR) is 110 cm³/mol. The van der Waals surface area contributed by atoms with Gasteiger partial charge in [-0.15, -0.1) is 0 Å². The summed E-state index contributed by atoms with van der Waals surface area (Å²) >= 11 is 0. The first-order chi connectivity index (χ1) is 13.5. The highest BCUT2D eigenvalue weighted by molar-refractivity contribution is 7.89. The number of nitrogens with one attached hydrogen (secondary N) is 3. The molecule has 0 aliphatic carbocycles. The molecular weight excluding hydrogens is 376 g/mol. The minimum Gasteiger partial charge on any atom is -0.493 e. The third-order valence-corrected chi connectivity index (χ3v) is 6.03. The van der Waals surface area contributed by atoms with E-state index in [-0.39, 0.29) is 4.90 Å². The zero-order valence-electron chi connectivity index (χ0n) is 16.2. The van der Waals surface area contributed by atoms with Gasteiger partial charge in [-0.05, 0) is 48.4 Å². The van der Waals surface area contributed by atoms with Gasteiger partial charge in [0, 0.05) is 26.6 Å². The van der Waals surface area contributed by atoms with Crippen molar-refractivity contribution in [2.45, 2.75) is 24.3 Å². The van der Waals surface area contributed by atoms with Gasteiger partial charge >= 0.3 is 0 Å². The van der Waals surface area contributed by atoms with E-state index in [0.717, 1.165) is 37.3 Å². The summed E-state index contributed by atoms with van der Waals surface area (Å²) in [5.74, 6) is 1.67. The van der Waals surface area contributed by atoms with Crippen LogP contribution < -0.4 is 20.1 Å². The molecule has 0 unspecified atom stereocenters. The summed E-state index contributed by atoms with van der Waals surface area (Å²) in [6, 6.07) is 13.2. The van der Waals surface area contributed by atoms with E-state index in [4.69, 9.17) is 4.74 Å². The van der Waals surface area contributed by atoms with Gasteiger partial charge < -0.3 is 15.4 Å². The van der Waals surface area contributed by atoms with Gasteiger partial charge in [0.05, 0.1) is 11.5 Å². The molecule has 1 aliphatic heterocycles. The van der Waals surface area contributed by atoms with Crippen molar-refractivity contribution < 1.29 is 13.2 Å². The Kier molecular flexibility index (Phi) is 6.53. The first-order valence-electron chi connectivity index (χ1n) is 9.23. The van der Waals surface area contributed by atoms with Crippen molar-refractivity contribution in [1.82, 2.24) is 15.4 Å². The van der Waals surface area contributed by atoms with E-state index in [1.165, 1.54) is 18.2 Å². The van der Waals surface area contributed by atoms with Crippen molar-refractivity contribution in [3.63, 3.8) is 0 Å². The Morgan fingerprint density at radius 1 is 1.14 bits per heavy atom. The Morgan fingerprint density at radius 2 is 2.00 bits per heavy atom. The van der Waals surface area contributed by atoms with Gasteiger partial charge in [-0.1, -0.05) is 24.3 Å². The lowest BCUT2D eigenvalue weighted by atomic mass is 10.1. The lowest BCUT2D eigenvalue weighted by Gasteiger charge is -2.13. The van der Waals surface area contributed by atoms with Gasteiger partial charge in [-0.25, -0.2) is 13.1 Å². The molecule has 0 bridgehead atoms. The third-order valence-electron chi connectivity index (χ3n) is 4.62. The number of ether oxygens (including phenoxy) is 1. The van der Waals surface area contributed by atoms with Crippen LogP contribution >= 0.6 is 0 Å². The van der Waals surface area contributed by atoms with E-state index in [1.54, 1.807) is 25.2 Å². The van der Waals surface area contributed by atoms with Crippen LogP contribution in [0.3, 0.4) is 0 Å². The second kappa shape index (κ2) is 9.07. The van der Waals surface area contributed by atoms with Crippen LogP contribution in [0, 0.1) is 0 Å². The van der Waals surface area contributed by atoms with Crippen LogP contribution in [0.2, 0.25) is 0 Å². The number of benzene rings is 2. The van der Waals surface area contributed by atoms with Crippen LogP contribution in [0.25, 0.3) is 0 Å². The third kappa shape index (κ3) is 5.02. The normalized spacial score (nSPS) is 13.7. The fraction of sp³-hybridized carbons (Fsp3) is 0.350. The molecule has 0 atom stereocenters. The first kappa shape index (κ1) is 20.2. The summed E-state index contributed by atoms with van der Waals surface area (Å²) in [4.78, 5) is 4.47. The number of aliphatic imine (C=N–C) groups is 1. The number of hydrogen-bond donors (Lipinski definition) is 3. The maximum Gasteiger partial charge on any atom is 0.240 e. The van der Waals surface area contributed by atoms with Crippen molar-refractivity contribution in [3.8, 4) is 5.75 Å².